The van der Waals surface area contributed by atoms with Crippen molar-refractivity contribution in [3.63, 3.8) is 0 Å². The van der Waals surface area contributed by atoms with E-state index in [1.54, 1.807) is 4.90 Å². The summed E-state index contributed by atoms with van der Waals surface area (Å²) in [7, 11) is 0. The molecule has 1 aliphatic rings. The molecule has 0 aliphatic carbocycles. The molecule has 1 atom stereocenters. The number of amides is 1. The third kappa shape index (κ3) is 5.18. The van der Waals surface area contributed by atoms with Gasteiger partial charge in [-0.05, 0) is 47.7 Å². The lowest BCUT2D eigenvalue weighted by Crippen LogP contribution is -2.24. The van der Waals surface area contributed by atoms with Crippen LogP contribution in [0.2, 0.25) is 0 Å². The van der Waals surface area contributed by atoms with Crippen LogP contribution in [-0.2, 0) is 11.2 Å². The molecule has 0 radical (unpaired) electrons. The third-order valence-electron chi connectivity index (χ3n) is 5.86. The molecule has 4 nitrogen and oxygen atoms in total. The Labute approximate surface area is 191 Å². The van der Waals surface area contributed by atoms with E-state index >= 15 is 0 Å². The molecule has 3 aromatic rings. The number of nitrogens with one attached hydrogen (secondary N) is 1. The van der Waals surface area contributed by atoms with Crippen molar-refractivity contribution in [2.24, 2.45) is 0 Å². The van der Waals surface area contributed by atoms with Gasteiger partial charge in [0.1, 0.15) is 17.8 Å². The fourth-order valence-corrected chi connectivity index (χ4v) is 4.04. The summed E-state index contributed by atoms with van der Waals surface area (Å²) < 4.78 is 42.5. The summed E-state index contributed by atoms with van der Waals surface area (Å²) in [6, 6.07) is 12.5. The van der Waals surface area contributed by atoms with Crippen LogP contribution in [-0.4, -0.2) is 30.2 Å². The number of halogens is 3. The van der Waals surface area contributed by atoms with Crippen molar-refractivity contribution < 1.29 is 18.0 Å². The Hall–Kier alpha value is -3.35. The van der Waals surface area contributed by atoms with Crippen LogP contribution in [0.25, 0.3) is 11.1 Å². The summed E-state index contributed by atoms with van der Waals surface area (Å²) in [6.45, 7) is 4.74. The molecular formula is C26H26F3N3O. The molecule has 1 saturated heterocycles. The Bertz CT molecular complexity index is 1150. The van der Waals surface area contributed by atoms with Gasteiger partial charge in [0.25, 0.3) is 0 Å². The number of carbonyl (C=O) groups excluding carboxylic acids is 1. The number of alkyl halides is 1. The highest BCUT2D eigenvalue weighted by Crippen LogP contribution is 2.38. The van der Waals surface area contributed by atoms with Gasteiger partial charge >= 0.3 is 0 Å². The normalized spacial score (nSPS) is 15.8. The van der Waals surface area contributed by atoms with Crippen LogP contribution in [0.4, 0.5) is 24.7 Å². The maximum atomic E-state index is 14.6. The van der Waals surface area contributed by atoms with E-state index in [9.17, 15) is 18.0 Å². The standard InChI is InChI=1S/C26H26F3N3O/c1-16(2)18-5-3-17(4-6-18)13-24(33)31-25-21(22-14-19(27)7-8-23(22)29)9-11-30-26(25)32-12-10-20(28)15-32/h3-9,11,14,16,20H,10,12-13,15H2,1-2H3,(H,31,33)/t20-/m0/s1. The number of hydrogen-bond acceptors (Lipinski definition) is 3. The minimum absolute atomic E-state index is 0.00577. The molecule has 33 heavy (non-hydrogen) atoms. The van der Waals surface area contributed by atoms with Crippen molar-refractivity contribution in [1.29, 1.82) is 0 Å². The average Bonchev–Trinajstić information content (AvgIpc) is 3.22. The molecule has 2 heterocycles. The topological polar surface area (TPSA) is 45.2 Å². The van der Waals surface area contributed by atoms with Gasteiger partial charge < -0.3 is 10.2 Å². The molecule has 0 bridgehead atoms. The van der Waals surface area contributed by atoms with Crippen LogP contribution in [0.5, 0.6) is 0 Å². The number of anilines is 2. The number of nitrogens with zero attached hydrogens (tertiary/aromatic N) is 2. The van der Waals surface area contributed by atoms with Crippen LogP contribution in [0.1, 0.15) is 37.3 Å². The van der Waals surface area contributed by atoms with E-state index in [2.05, 4.69) is 24.1 Å². The molecule has 1 amide bonds. The Kier molecular flexibility index (Phi) is 6.67. The summed E-state index contributed by atoms with van der Waals surface area (Å²) >= 11 is 0. The van der Waals surface area contributed by atoms with Crippen LogP contribution in [0.15, 0.2) is 54.7 Å². The second-order valence-corrected chi connectivity index (χ2v) is 8.63. The van der Waals surface area contributed by atoms with Gasteiger partial charge in [0, 0.05) is 23.9 Å². The highest BCUT2D eigenvalue weighted by Gasteiger charge is 2.27. The van der Waals surface area contributed by atoms with Crippen LogP contribution >= 0.6 is 0 Å². The number of aromatic nitrogens is 1. The molecule has 172 valence electrons. The second kappa shape index (κ2) is 9.65. The van der Waals surface area contributed by atoms with E-state index in [0.717, 1.165) is 23.8 Å². The first-order valence-electron chi connectivity index (χ1n) is 11.0. The molecule has 1 N–H and O–H groups in total. The highest BCUT2D eigenvalue weighted by molar-refractivity contribution is 6.00. The van der Waals surface area contributed by atoms with E-state index in [-0.39, 0.29) is 30.1 Å². The summed E-state index contributed by atoms with van der Waals surface area (Å²) in [5, 5.41) is 2.85. The predicted molar refractivity (Wildman–Crippen MR) is 124 cm³/mol. The molecule has 0 saturated carbocycles. The predicted octanol–water partition coefficient (Wildman–Crippen LogP) is 5.88. The molecule has 0 unspecified atom stereocenters. The van der Waals surface area contributed by atoms with Gasteiger partial charge in [-0.3, -0.25) is 4.79 Å². The fourth-order valence-electron chi connectivity index (χ4n) is 4.04. The maximum Gasteiger partial charge on any atom is 0.228 e. The molecule has 0 spiro atoms. The van der Waals surface area contributed by atoms with Crippen molar-refractivity contribution in [2.75, 3.05) is 23.3 Å². The lowest BCUT2D eigenvalue weighted by molar-refractivity contribution is -0.115. The first-order valence-corrected chi connectivity index (χ1v) is 11.0. The Morgan fingerprint density at radius 1 is 1.12 bits per heavy atom. The van der Waals surface area contributed by atoms with Crippen molar-refractivity contribution in [3.8, 4) is 11.1 Å². The zero-order valence-electron chi connectivity index (χ0n) is 18.6. The lowest BCUT2D eigenvalue weighted by Gasteiger charge is -2.23. The van der Waals surface area contributed by atoms with Gasteiger partial charge in [-0.25, -0.2) is 18.2 Å². The molecule has 7 heteroatoms. The number of carbonyl (C=O) groups is 1. The monoisotopic (exact) mass is 453 g/mol. The SMILES string of the molecule is CC(C)c1ccc(CC(=O)Nc2c(-c3cc(F)ccc3F)ccnc2N2CC[C@H](F)C2)cc1. The zero-order chi connectivity index (χ0) is 23.5. The molecule has 2 aromatic carbocycles. The van der Waals surface area contributed by atoms with E-state index < -0.39 is 17.8 Å². The largest absolute Gasteiger partial charge is 0.352 e. The van der Waals surface area contributed by atoms with Gasteiger partial charge in [-0.2, -0.15) is 0 Å². The maximum absolute atomic E-state index is 14.6. The second-order valence-electron chi connectivity index (χ2n) is 8.63. The van der Waals surface area contributed by atoms with Crippen LogP contribution < -0.4 is 10.2 Å². The van der Waals surface area contributed by atoms with Gasteiger partial charge in [-0.15, -0.1) is 0 Å². The van der Waals surface area contributed by atoms with Crippen molar-refractivity contribution >= 4 is 17.4 Å². The van der Waals surface area contributed by atoms with Crippen molar-refractivity contribution in [1.82, 2.24) is 4.98 Å². The van der Waals surface area contributed by atoms with E-state index in [0.29, 0.717) is 30.3 Å². The summed E-state index contributed by atoms with van der Waals surface area (Å²) in [5.41, 5.74) is 2.55. The van der Waals surface area contributed by atoms with E-state index in [1.807, 2.05) is 24.3 Å². The van der Waals surface area contributed by atoms with Crippen LogP contribution in [0.3, 0.4) is 0 Å². The van der Waals surface area contributed by atoms with Gasteiger partial charge in [0.15, 0.2) is 5.82 Å². The quantitative estimate of drug-likeness (QED) is 0.507. The molecular weight excluding hydrogens is 427 g/mol. The minimum atomic E-state index is -1.01. The zero-order valence-corrected chi connectivity index (χ0v) is 18.6. The van der Waals surface area contributed by atoms with E-state index in [4.69, 9.17) is 0 Å². The Morgan fingerprint density at radius 3 is 2.55 bits per heavy atom. The number of pyridine rings is 1. The minimum Gasteiger partial charge on any atom is -0.352 e. The van der Waals surface area contributed by atoms with Crippen molar-refractivity contribution in [2.45, 2.75) is 38.8 Å². The first kappa shape index (κ1) is 22.8. The Balaban J connectivity index is 1.68. The number of benzene rings is 2. The Morgan fingerprint density at radius 2 is 1.88 bits per heavy atom. The van der Waals surface area contributed by atoms with Gasteiger partial charge in [0.2, 0.25) is 5.91 Å². The smallest absolute Gasteiger partial charge is 0.228 e. The first-order chi connectivity index (χ1) is 15.8. The van der Waals surface area contributed by atoms with Gasteiger partial charge in [-0.1, -0.05) is 38.1 Å². The fraction of sp³-hybridized carbons (Fsp3) is 0.308. The van der Waals surface area contributed by atoms with Gasteiger partial charge in [0.05, 0.1) is 18.7 Å². The lowest BCUT2D eigenvalue weighted by atomic mass is 10.0. The molecule has 1 aliphatic heterocycles. The third-order valence-corrected chi connectivity index (χ3v) is 5.86. The highest BCUT2D eigenvalue weighted by atomic mass is 19.1. The molecule has 4 rings (SSSR count). The summed E-state index contributed by atoms with van der Waals surface area (Å²) in [5.74, 6) is -0.819. The van der Waals surface area contributed by atoms with E-state index in [1.165, 1.54) is 17.8 Å². The van der Waals surface area contributed by atoms with Crippen molar-refractivity contribution in [3.05, 3.63) is 77.5 Å². The average molecular weight is 454 g/mol. The molecule has 1 aromatic heterocycles. The number of rotatable bonds is 6. The summed E-state index contributed by atoms with van der Waals surface area (Å²) in [4.78, 5) is 19.0. The summed E-state index contributed by atoms with van der Waals surface area (Å²) in [6.07, 6.45) is 0.893. The number of hydrogen-bond donors (Lipinski definition) is 1. The van der Waals surface area contributed by atoms with Crippen LogP contribution in [0, 0.1) is 11.6 Å². The molecule has 1 fully saturated rings.